The smallest absolute Gasteiger partial charge is 0.214 e. The molecule has 2 fully saturated rings. The van der Waals surface area contributed by atoms with Crippen molar-refractivity contribution in [2.45, 2.75) is 38.1 Å². The van der Waals surface area contributed by atoms with E-state index in [4.69, 9.17) is 11.6 Å². The number of sulfonamides is 1. The number of aromatic nitrogens is 2. The summed E-state index contributed by atoms with van der Waals surface area (Å²) < 4.78 is 41.7. The third-order valence-electron chi connectivity index (χ3n) is 6.45. The number of aliphatic imine (C=N–C) groups is 1. The van der Waals surface area contributed by atoms with Gasteiger partial charge in [0.1, 0.15) is 11.5 Å². The Kier molecular flexibility index (Phi) is 5.85. The third kappa shape index (κ3) is 4.35. The molecule has 4 heterocycles. The number of nitrogens with zero attached hydrogens (tertiary/aromatic N) is 3. The highest BCUT2D eigenvalue weighted by atomic mass is 35.5. The summed E-state index contributed by atoms with van der Waals surface area (Å²) in [6, 6.07) is 1.60. The summed E-state index contributed by atoms with van der Waals surface area (Å²) in [6.07, 6.45) is 8.14. The highest BCUT2D eigenvalue weighted by Gasteiger charge is 2.34. The summed E-state index contributed by atoms with van der Waals surface area (Å²) >= 11 is 6.08. The second kappa shape index (κ2) is 8.64. The Hall–Kier alpha value is -2.17. The van der Waals surface area contributed by atoms with E-state index >= 15 is 0 Å². The molecule has 0 amide bonds. The highest BCUT2D eigenvalue weighted by Crippen LogP contribution is 2.28. The van der Waals surface area contributed by atoms with Crippen LogP contribution < -0.4 is 10.6 Å². The van der Waals surface area contributed by atoms with Crippen LogP contribution in [0.5, 0.6) is 0 Å². The van der Waals surface area contributed by atoms with E-state index in [1.165, 1.54) is 0 Å². The summed E-state index contributed by atoms with van der Waals surface area (Å²) in [5.74, 6) is 0.733. The normalized spacial score (nSPS) is 23.1. The average molecular weight is 481 g/mol. The Bertz CT molecular complexity index is 1190. The van der Waals surface area contributed by atoms with Crippen LogP contribution in [0.15, 0.2) is 35.1 Å². The van der Waals surface area contributed by atoms with Gasteiger partial charge in [-0.15, -0.1) is 0 Å². The number of fused-ring (bicyclic) bond motifs is 1. The van der Waals surface area contributed by atoms with Crippen LogP contribution in [0.4, 0.5) is 4.39 Å². The Morgan fingerprint density at radius 3 is 2.91 bits per heavy atom. The lowest BCUT2D eigenvalue weighted by Crippen LogP contribution is -2.39. The van der Waals surface area contributed by atoms with Gasteiger partial charge in [0, 0.05) is 42.5 Å². The van der Waals surface area contributed by atoms with Gasteiger partial charge in [0.05, 0.1) is 17.3 Å². The van der Waals surface area contributed by atoms with Gasteiger partial charge in [-0.3, -0.25) is 0 Å². The van der Waals surface area contributed by atoms with E-state index in [-0.39, 0.29) is 30.1 Å². The summed E-state index contributed by atoms with van der Waals surface area (Å²) in [5, 5.41) is 7.41. The van der Waals surface area contributed by atoms with Gasteiger partial charge in [-0.1, -0.05) is 24.4 Å². The molecule has 32 heavy (non-hydrogen) atoms. The first-order valence-corrected chi connectivity index (χ1v) is 13.0. The largest absolute Gasteiger partial charge is 0.364 e. The predicted octanol–water partition coefficient (Wildman–Crippen LogP) is 2.89. The van der Waals surface area contributed by atoms with Gasteiger partial charge in [-0.25, -0.2) is 22.8 Å². The first-order valence-electron chi connectivity index (χ1n) is 11.0. The van der Waals surface area contributed by atoms with Gasteiger partial charge >= 0.3 is 0 Å². The molecule has 0 aromatic carbocycles. The van der Waals surface area contributed by atoms with Crippen LogP contribution in [-0.4, -0.2) is 60.0 Å². The third-order valence-corrected chi connectivity index (χ3v) is 8.67. The molecule has 172 valence electrons. The number of pyridine rings is 1. The molecule has 11 heteroatoms. The molecule has 1 atom stereocenters. The lowest BCUT2D eigenvalue weighted by Gasteiger charge is -2.22. The highest BCUT2D eigenvalue weighted by molar-refractivity contribution is 7.89. The molecule has 1 aliphatic carbocycles. The standard InChI is InChI=1S/C21H26ClFN6O2S/c22-14-7-16-17(9-25-19(16)24-8-14)20-26-10-18(23)21(28-20)27-15-5-6-29(11-15)32(30,31)12-13-3-1-2-4-13/h7-9,13,15,27H,1-6,10-12H2,(H,24,25)(H,26,28)/t15-/m1/s1. The summed E-state index contributed by atoms with van der Waals surface area (Å²) in [7, 11) is -3.29. The SMILES string of the molecule is O=S(=O)(CC1CCCC1)N1CC[C@@H](NC2=C(F)CNC(c3c[nH]c4ncc(Cl)cc34)=N2)C1. The molecule has 2 aromatic heterocycles. The molecule has 1 saturated heterocycles. The zero-order chi connectivity index (χ0) is 22.3. The molecule has 5 rings (SSSR count). The van der Waals surface area contributed by atoms with Crippen molar-refractivity contribution in [1.29, 1.82) is 0 Å². The van der Waals surface area contributed by atoms with Crippen molar-refractivity contribution in [3.05, 3.63) is 40.7 Å². The van der Waals surface area contributed by atoms with E-state index in [0.717, 1.165) is 36.6 Å². The maximum Gasteiger partial charge on any atom is 0.214 e. The fraction of sp³-hybridized carbons (Fsp3) is 0.524. The predicted molar refractivity (Wildman–Crippen MR) is 123 cm³/mol. The van der Waals surface area contributed by atoms with Crippen LogP contribution in [0.2, 0.25) is 5.02 Å². The van der Waals surface area contributed by atoms with Crippen LogP contribution in [-0.2, 0) is 10.0 Å². The van der Waals surface area contributed by atoms with Crippen molar-refractivity contribution in [1.82, 2.24) is 24.9 Å². The molecular weight excluding hydrogens is 455 g/mol. The van der Waals surface area contributed by atoms with E-state index in [1.54, 1.807) is 22.8 Å². The first-order chi connectivity index (χ1) is 15.4. The fourth-order valence-corrected chi connectivity index (χ4v) is 6.86. The van der Waals surface area contributed by atoms with Crippen molar-refractivity contribution in [2.24, 2.45) is 10.9 Å². The molecule has 0 radical (unpaired) electrons. The van der Waals surface area contributed by atoms with Crippen LogP contribution in [0, 0.1) is 5.92 Å². The minimum Gasteiger partial charge on any atom is -0.364 e. The molecule has 0 bridgehead atoms. The molecule has 8 nitrogen and oxygen atoms in total. The number of halogens is 2. The van der Waals surface area contributed by atoms with E-state index < -0.39 is 15.9 Å². The lowest BCUT2D eigenvalue weighted by atomic mass is 10.1. The van der Waals surface area contributed by atoms with Gasteiger partial charge in [0.2, 0.25) is 10.0 Å². The Balaban J connectivity index is 1.29. The Morgan fingerprint density at radius 2 is 2.09 bits per heavy atom. The summed E-state index contributed by atoms with van der Waals surface area (Å²) in [5.41, 5.74) is 1.41. The number of hydrogen-bond acceptors (Lipinski definition) is 6. The van der Waals surface area contributed by atoms with Crippen LogP contribution >= 0.6 is 11.6 Å². The number of aromatic amines is 1. The number of nitrogens with one attached hydrogen (secondary N) is 3. The van der Waals surface area contributed by atoms with Crippen molar-refractivity contribution < 1.29 is 12.8 Å². The topological polar surface area (TPSA) is 102 Å². The quantitative estimate of drug-likeness (QED) is 0.590. The first kappa shape index (κ1) is 21.7. The average Bonchev–Trinajstić information content (AvgIpc) is 3.50. The van der Waals surface area contributed by atoms with Crippen LogP contribution in [0.1, 0.15) is 37.7 Å². The maximum atomic E-state index is 14.6. The number of rotatable bonds is 6. The van der Waals surface area contributed by atoms with Gasteiger partial charge < -0.3 is 15.6 Å². The monoisotopic (exact) mass is 480 g/mol. The minimum atomic E-state index is -3.29. The lowest BCUT2D eigenvalue weighted by molar-refractivity contribution is 0.450. The van der Waals surface area contributed by atoms with Crippen molar-refractivity contribution >= 4 is 38.5 Å². The number of hydrogen-bond donors (Lipinski definition) is 3. The van der Waals surface area contributed by atoms with Crippen molar-refractivity contribution in [3.8, 4) is 0 Å². The Labute approximate surface area is 191 Å². The molecule has 0 spiro atoms. The van der Waals surface area contributed by atoms with Gasteiger partial charge in [0.15, 0.2) is 11.6 Å². The number of H-pyrrole nitrogens is 1. The van der Waals surface area contributed by atoms with Gasteiger partial charge in [0.25, 0.3) is 0 Å². The van der Waals surface area contributed by atoms with Crippen LogP contribution in [0.3, 0.4) is 0 Å². The van der Waals surface area contributed by atoms with E-state index in [9.17, 15) is 12.8 Å². The molecule has 0 unspecified atom stereocenters. The molecule has 2 aliphatic heterocycles. The van der Waals surface area contributed by atoms with E-state index in [0.29, 0.717) is 36.0 Å². The fourth-order valence-electron chi connectivity index (χ4n) is 4.77. The van der Waals surface area contributed by atoms with E-state index in [1.807, 2.05) is 0 Å². The van der Waals surface area contributed by atoms with Gasteiger partial charge in [-0.05, 0) is 31.2 Å². The van der Waals surface area contributed by atoms with Crippen molar-refractivity contribution in [3.63, 3.8) is 0 Å². The van der Waals surface area contributed by atoms with E-state index in [2.05, 4.69) is 25.6 Å². The molecule has 1 saturated carbocycles. The number of amidine groups is 1. The zero-order valence-corrected chi connectivity index (χ0v) is 19.1. The molecule has 3 aliphatic rings. The molecular formula is C21H26ClFN6O2S. The second-order valence-corrected chi connectivity index (χ2v) is 11.2. The van der Waals surface area contributed by atoms with Gasteiger partial charge in [-0.2, -0.15) is 4.31 Å². The zero-order valence-electron chi connectivity index (χ0n) is 17.6. The molecule has 3 N–H and O–H groups in total. The van der Waals surface area contributed by atoms with Crippen molar-refractivity contribution in [2.75, 3.05) is 25.4 Å². The minimum absolute atomic E-state index is 0.00174. The second-order valence-electron chi connectivity index (χ2n) is 8.74. The maximum absolute atomic E-state index is 14.6. The summed E-state index contributed by atoms with van der Waals surface area (Å²) in [6.45, 7) is 0.776. The summed E-state index contributed by atoms with van der Waals surface area (Å²) in [4.78, 5) is 11.8. The van der Waals surface area contributed by atoms with Crippen LogP contribution in [0.25, 0.3) is 11.0 Å². The molecule has 2 aromatic rings. The Morgan fingerprint density at radius 1 is 1.28 bits per heavy atom.